The van der Waals surface area contributed by atoms with Crippen LogP contribution in [0, 0.1) is 13.8 Å². The molecule has 0 atom stereocenters. The summed E-state index contributed by atoms with van der Waals surface area (Å²) in [5, 5.41) is 2.70. The van der Waals surface area contributed by atoms with Crippen LogP contribution in [0.25, 0.3) is 10.8 Å². The molecule has 1 aromatic carbocycles. The van der Waals surface area contributed by atoms with E-state index in [4.69, 9.17) is 9.47 Å². The van der Waals surface area contributed by atoms with Crippen molar-refractivity contribution in [1.82, 2.24) is 14.8 Å². The first-order chi connectivity index (χ1) is 14.7. The van der Waals surface area contributed by atoms with E-state index < -0.39 is 42.0 Å². The van der Waals surface area contributed by atoms with Gasteiger partial charge in [-0.25, -0.2) is 9.48 Å². The number of nitrogens with zero attached hydrogens (tertiary/aromatic N) is 1. The van der Waals surface area contributed by atoms with Crippen LogP contribution in [0.15, 0.2) is 33.9 Å². The third kappa shape index (κ3) is 4.32. The van der Waals surface area contributed by atoms with Crippen molar-refractivity contribution in [2.24, 2.45) is 0 Å². The van der Waals surface area contributed by atoms with Crippen LogP contribution in [0.5, 0.6) is 0 Å². The maximum absolute atomic E-state index is 12.6. The summed E-state index contributed by atoms with van der Waals surface area (Å²) in [5.74, 6) is -1.98. The minimum absolute atomic E-state index is 0.161. The van der Waals surface area contributed by atoms with Gasteiger partial charge in [-0.05, 0) is 38.5 Å². The molecular formula is C21H21N3O7. The Balaban J connectivity index is 1.72. The van der Waals surface area contributed by atoms with Crippen molar-refractivity contribution in [3.05, 3.63) is 67.5 Å². The van der Waals surface area contributed by atoms with E-state index in [0.29, 0.717) is 11.3 Å². The number of rotatable bonds is 7. The molecular weight excluding hydrogens is 406 g/mol. The van der Waals surface area contributed by atoms with Gasteiger partial charge in [0.2, 0.25) is 5.78 Å². The van der Waals surface area contributed by atoms with E-state index in [2.05, 4.69) is 10.1 Å². The Hall–Kier alpha value is -3.95. The topological polar surface area (TPSA) is 140 Å². The Morgan fingerprint density at radius 3 is 2.39 bits per heavy atom. The Kier molecular flexibility index (Phi) is 6.19. The number of benzene rings is 1. The van der Waals surface area contributed by atoms with E-state index in [1.807, 2.05) is 0 Å². The predicted octanol–water partition coefficient (Wildman–Crippen LogP) is 1.24. The van der Waals surface area contributed by atoms with Crippen molar-refractivity contribution in [1.29, 1.82) is 0 Å². The van der Waals surface area contributed by atoms with Crippen molar-refractivity contribution < 1.29 is 23.9 Å². The Labute approximate surface area is 175 Å². The van der Waals surface area contributed by atoms with Gasteiger partial charge in [-0.3, -0.25) is 24.3 Å². The third-order valence-corrected chi connectivity index (χ3v) is 4.73. The number of Topliss-reactive ketones (excluding diaryl/α,β-unsaturated/α-hetero) is 1. The lowest BCUT2D eigenvalue weighted by molar-refractivity contribution is -0.143. The van der Waals surface area contributed by atoms with Gasteiger partial charge in [-0.1, -0.05) is 12.1 Å². The van der Waals surface area contributed by atoms with Crippen LogP contribution in [0.1, 0.15) is 39.0 Å². The predicted molar refractivity (Wildman–Crippen MR) is 110 cm³/mol. The molecule has 0 aliphatic heterocycles. The van der Waals surface area contributed by atoms with Crippen molar-refractivity contribution in [3.63, 3.8) is 0 Å². The molecule has 0 amide bonds. The molecule has 3 rings (SSSR count). The number of carbonyl (C=O) groups excluding carboxylic acids is 3. The monoisotopic (exact) mass is 427 g/mol. The summed E-state index contributed by atoms with van der Waals surface area (Å²) in [6.45, 7) is 3.91. The molecule has 0 saturated heterocycles. The SMILES string of the molecule is CCOC(=O)c1[nH]c(C)c(C(=O)COC(=O)Cn2[nH]c(=O)c3ccccc3c2=O)c1C. The van der Waals surface area contributed by atoms with Gasteiger partial charge in [0, 0.05) is 11.3 Å². The Morgan fingerprint density at radius 1 is 1.03 bits per heavy atom. The molecule has 0 fully saturated rings. The molecule has 162 valence electrons. The first-order valence-electron chi connectivity index (χ1n) is 9.51. The smallest absolute Gasteiger partial charge is 0.355 e. The van der Waals surface area contributed by atoms with Crippen LogP contribution < -0.4 is 11.1 Å². The van der Waals surface area contributed by atoms with Crippen molar-refractivity contribution in [2.75, 3.05) is 13.2 Å². The number of hydrogen-bond donors (Lipinski definition) is 2. The normalized spacial score (nSPS) is 10.8. The molecule has 2 heterocycles. The lowest BCUT2D eigenvalue weighted by atomic mass is 10.1. The van der Waals surface area contributed by atoms with Crippen LogP contribution >= 0.6 is 0 Å². The Morgan fingerprint density at radius 2 is 1.71 bits per heavy atom. The van der Waals surface area contributed by atoms with E-state index in [0.717, 1.165) is 4.68 Å². The lowest BCUT2D eigenvalue weighted by Crippen LogP contribution is -2.33. The van der Waals surface area contributed by atoms with Crippen LogP contribution in [0.2, 0.25) is 0 Å². The standard InChI is InChI=1S/C21H21N3O7/c1-4-30-21(29)18-11(2)17(12(3)22-18)15(25)10-31-16(26)9-24-20(28)14-8-6-5-7-13(14)19(27)23-24/h5-8,22H,4,9-10H2,1-3H3,(H,23,27). The van der Waals surface area contributed by atoms with E-state index in [1.54, 1.807) is 32.9 Å². The van der Waals surface area contributed by atoms with Crippen molar-refractivity contribution in [2.45, 2.75) is 27.3 Å². The molecule has 2 N–H and O–H groups in total. The third-order valence-electron chi connectivity index (χ3n) is 4.73. The van der Waals surface area contributed by atoms with Crippen LogP contribution in [-0.4, -0.2) is 45.7 Å². The summed E-state index contributed by atoms with van der Waals surface area (Å²) >= 11 is 0. The lowest BCUT2D eigenvalue weighted by Gasteiger charge is -2.08. The molecule has 0 unspecified atom stereocenters. The maximum atomic E-state index is 12.6. The highest BCUT2D eigenvalue weighted by molar-refractivity contribution is 6.03. The molecule has 31 heavy (non-hydrogen) atoms. The van der Waals surface area contributed by atoms with Crippen LogP contribution in [-0.2, 0) is 20.8 Å². The summed E-state index contributed by atoms with van der Waals surface area (Å²) in [7, 11) is 0. The number of H-pyrrole nitrogens is 2. The largest absolute Gasteiger partial charge is 0.461 e. The molecule has 10 nitrogen and oxygen atoms in total. The number of hydrogen-bond acceptors (Lipinski definition) is 7. The highest BCUT2D eigenvalue weighted by Crippen LogP contribution is 2.19. The second kappa shape index (κ2) is 8.82. The molecule has 0 radical (unpaired) electrons. The van der Waals surface area contributed by atoms with Crippen molar-refractivity contribution in [3.8, 4) is 0 Å². The Bertz CT molecular complexity index is 1300. The van der Waals surface area contributed by atoms with E-state index in [1.165, 1.54) is 12.1 Å². The second-order valence-corrected chi connectivity index (χ2v) is 6.81. The zero-order valence-corrected chi connectivity index (χ0v) is 17.2. The van der Waals surface area contributed by atoms with Gasteiger partial charge in [0.15, 0.2) is 6.61 Å². The van der Waals surface area contributed by atoms with Gasteiger partial charge in [-0.2, -0.15) is 0 Å². The number of aromatic nitrogens is 3. The summed E-state index contributed by atoms with van der Waals surface area (Å²) in [4.78, 5) is 64.1. The van der Waals surface area contributed by atoms with Gasteiger partial charge in [0.05, 0.1) is 17.4 Å². The molecule has 0 saturated carbocycles. The summed E-state index contributed by atoms with van der Waals surface area (Å²) in [5.41, 5.74) is 0.143. The zero-order chi connectivity index (χ0) is 22.7. The number of aromatic amines is 2. The highest BCUT2D eigenvalue weighted by atomic mass is 16.5. The van der Waals surface area contributed by atoms with Crippen LogP contribution in [0.3, 0.4) is 0 Å². The van der Waals surface area contributed by atoms with Crippen LogP contribution in [0.4, 0.5) is 0 Å². The first-order valence-corrected chi connectivity index (χ1v) is 9.51. The van der Waals surface area contributed by atoms with E-state index in [9.17, 15) is 24.0 Å². The fraction of sp³-hybridized carbons (Fsp3) is 0.286. The summed E-state index contributed by atoms with van der Waals surface area (Å²) in [6, 6.07) is 6.22. The fourth-order valence-electron chi connectivity index (χ4n) is 3.33. The van der Waals surface area contributed by atoms with E-state index in [-0.39, 0.29) is 28.6 Å². The average molecular weight is 427 g/mol. The van der Waals surface area contributed by atoms with Gasteiger partial charge < -0.3 is 14.5 Å². The highest BCUT2D eigenvalue weighted by Gasteiger charge is 2.23. The molecule has 2 aromatic heterocycles. The van der Waals surface area contributed by atoms with Gasteiger partial charge >= 0.3 is 11.9 Å². The minimum atomic E-state index is -0.877. The minimum Gasteiger partial charge on any atom is -0.461 e. The second-order valence-electron chi connectivity index (χ2n) is 6.81. The first kappa shape index (κ1) is 21.8. The number of nitrogens with one attached hydrogen (secondary N) is 2. The summed E-state index contributed by atoms with van der Waals surface area (Å²) < 4.78 is 10.8. The van der Waals surface area contributed by atoms with Gasteiger partial charge in [0.1, 0.15) is 12.2 Å². The summed E-state index contributed by atoms with van der Waals surface area (Å²) in [6.07, 6.45) is 0. The van der Waals surface area contributed by atoms with Crippen molar-refractivity contribution >= 4 is 28.5 Å². The number of aryl methyl sites for hydroxylation is 1. The van der Waals surface area contributed by atoms with Gasteiger partial charge in [-0.15, -0.1) is 0 Å². The number of fused-ring (bicyclic) bond motifs is 1. The molecule has 0 bridgehead atoms. The fourth-order valence-corrected chi connectivity index (χ4v) is 3.33. The molecule has 0 spiro atoms. The molecule has 10 heteroatoms. The molecule has 3 aromatic rings. The van der Waals surface area contributed by atoms with Gasteiger partial charge in [0.25, 0.3) is 11.1 Å². The number of carbonyl (C=O) groups is 3. The maximum Gasteiger partial charge on any atom is 0.355 e. The molecule has 0 aliphatic rings. The zero-order valence-electron chi connectivity index (χ0n) is 17.2. The average Bonchev–Trinajstić information content (AvgIpc) is 3.04. The number of ketones is 1. The number of ether oxygens (including phenoxy) is 2. The molecule has 0 aliphatic carbocycles. The van der Waals surface area contributed by atoms with E-state index >= 15 is 0 Å². The number of esters is 2. The quantitative estimate of drug-likeness (QED) is 0.427.